The fourth-order valence-electron chi connectivity index (χ4n) is 7.48. The second kappa shape index (κ2) is 8.80. The lowest BCUT2D eigenvalue weighted by Gasteiger charge is -2.24. The number of hydrogen-bond acceptors (Lipinski definition) is 1. The third-order valence-electron chi connectivity index (χ3n) is 9.27. The lowest BCUT2D eigenvalue weighted by Crippen LogP contribution is -2.16. The molecule has 0 spiro atoms. The van der Waals surface area contributed by atoms with E-state index in [-0.39, 0.29) is 5.41 Å². The highest BCUT2D eigenvalue weighted by molar-refractivity contribution is 6.26. The van der Waals surface area contributed by atoms with E-state index < -0.39 is 0 Å². The van der Waals surface area contributed by atoms with Crippen molar-refractivity contribution in [1.82, 2.24) is 14.1 Å². The Kier molecular flexibility index (Phi) is 4.95. The lowest BCUT2D eigenvalue weighted by molar-refractivity contribution is 0.664. The van der Waals surface area contributed by atoms with Gasteiger partial charge in [-0.2, -0.15) is 0 Å². The van der Waals surface area contributed by atoms with Gasteiger partial charge < -0.3 is 4.57 Å². The molecule has 0 radical (unpaired) electrons. The third kappa shape index (κ3) is 3.22. The van der Waals surface area contributed by atoms with Crippen molar-refractivity contribution in [2.24, 2.45) is 0 Å². The molecule has 0 N–H and O–H groups in total. The van der Waals surface area contributed by atoms with Crippen molar-refractivity contribution in [3.63, 3.8) is 0 Å². The monoisotopic (exact) mass is 551 g/mol. The molecule has 3 nitrogen and oxygen atoms in total. The Morgan fingerprint density at radius 1 is 0.558 bits per heavy atom. The molecular formula is C40H29N3. The molecular weight excluding hydrogens is 522 g/mol. The first kappa shape index (κ1) is 24.2. The fourth-order valence-corrected chi connectivity index (χ4v) is 7.48. The Morgan fingerprint density at radius 2 is 1.14 bits per heavy atom. The highest BCUT2D eigenvalue weighted by Crippen LogP contribution is 2.56. The van der Waals surface area contributed by atoms with E-state index in [1.165, 1.54) is 49.6 Å². The number of para-hydroxylation sites is 3. The van der Waals surface area contributed by atoms with Gasteiger partial charge in [0, 0.05) is 38.7 Å². The first-order valence-electron chi connectivity index (χ1n) is 14.9. The summed E-state index contributed by atoms with van der Waals surface area (Å²) < 4.78 is 4.87. The number of benzene rings is 6. The molecule has 0 saturated heterocycles. The summed E-state index contributed by atoms with van der Waals surface area (Å²) in [7, 11) is 0. The minimum Gasteiger partial charge on any atom is -0.309 e. The second-order valence-corrected chi connectivity index (χ2v) is 12.0. The highest BCUT2D eigenvalue weighted by Gasteiger charge is 2.42. The van der Waals surface area contributed by atoms with Crippen molar-refractivity contribution in [2.75, 3.05) is 0 Å². The number of imidazole rings is 1. The molecule has 43 heavy (non-hydrogen) atoms. The molecule has 9 rings (SSSR count). The quantitative estimate of drug-likeness (QED) is 0.214. The Balaban J connectivity index is 1.61. The van der Waals surface area contributed by atoms with E-state index in [4.69, 9.17) is 4.98 Å². The summed E-state index contributed by atoms with van der Waals surface area (Å²) >= 11 is 0. The Labute approximate surface area is 250 Å². The molecule has 0 atom stereocenters. The summed E-state index contributed by atoms with van der Waals surface area (Å²) in [5, 5.41) is 2.43. The maximum atomic E-state index is 5.59. The van der Waals surface area contributed by atoms with Crippen LogP contribution in [0.5, 0.6) is 0 Å². The first-order valence-corrected chi connectivity index (χ1v) is 14.9. The van der Waals surface area contributed by atoms with Crippen molar-refractivity contribution in [2.45, 2.75) is 19.3 Å². The van der Waals surface area contributed by atoms with Crippen molar-refractivity contribution < 1.29 is 0 Å². The molecule has 0 saturated carbocycles. The molecule has 2 aromatic heterocycles. The molecule has 0 fully saturated rings. The maximum Gasteiger partial charge on any atom is 0.145 e. The van der Waals surface area contributed by atoms with E-state index in [0.29, 0.717) is 0 Å². The lowest BCUT2D eigenvalue weighted by atomic mass is 9.81. The Hall–Kier alpha value is -5.41. The zero-order valence-electron chi connectivity index (χ0n) is 24.1. The molecule has 0 bridgehead atoms. The minimum absolute atomic E-state index is 0.224. The number of aromatic nitrogens is 3. The van der Waals surface area contributed by atoms with Gasteiger partial charge in [-0.3, -0.25) is 4.57 Å². The van der Waals surface area contributed by atoms with Crippen molar-refractivity contribution in [3.8, 4) is 33.9 Å². The van der Waals surface area contributed by atoms with Gasteiger partial charge in [0.1, 0.15) is 11.3 Å². The largest absolute Gasteiger partial charge is 0.309 e. The van der Waals surface area contributed by atoms with Crippen LogP contribution in [0.2, 0.25) is 0 Å². The average Bonchev–Trinajstić information content (AvgIpc) is 3.69. The van der Waals surface area contributed by atoms with Crippen LogP contribution in [0.3, 0.4) is 0 Å². The predicted octanol–water partition coefficient (Wildman–Crippen LogP) is 10.1. The number of fused-ring (bicyclic) bond motifs is 10. The molecule has 3 heteroatoms. The number of rotatable bonds is 3. The van der Waals surface area contributed by atoms with Gasteiger partial charge >= 0.3 is 0 Å². The van der Waals surface area contributed by atoms with Crippen molar-refractivity contribution in [1.29, 1.82) is 0 Å². The van der Waals surface area contributed by atoms with Crippen LogP contribution < -0.4 is 0 Å². The van der Waals surface area contributed by atoms with E-state index in [0.717, 1.165) is 28.3 Å². The highest BCUT2D eigenvalue weighted by atomic mass is 15.1. The molecule has 1 aliphatic rings. The van der Waals surface area contributed by atoms with E-state index in [9.17, 15) is 0 Å². The average molecular weight is 552 g/mol. The topological polar surface area (TPSA) is 22.8 Å². The van der Waals surface area contributed by atoms with Crippen LogP contribution in [-0.2, 0) is 5.41 Å². The molecule has 204 valence electrons. The van der Waals surface area contributed by atoms with Gasteiger partial charge in [-0.15, -0.1) is 0 Å². The van der Waals surface area contributed by atoms with Gasteiger partial charge in [-0.25, -0.2) is 4.98 Å². The molecule has 8 aromatic rings. The van der Waals surface area contributed by atoms with Crippen LogP contribution in [0.15, 0.2) is 140 Å². The maximum absolute atomic E-state index is 5.59. The molecule has 6 aromatic carbocycles. The van der Waals surface area contributed by atoms with Gasteiger partial charge in [0.25, 0.3) is 0 Å². The van der Waals surface area contributed by atoms with E-state index in [1.54, 1.807) is 0 Å². The van der Waals surface area contributed by atoms with Gasteiger partial charge in [-0.1, -0.05) is 123 Å². The zero-order valence-corrected chi connectivity index (χ0v) is 24.1. The summed E-state index contributed by atoms with van der Waals surface area (Å²) in [5.41, 5.74) is 13.1. The van der Waals surface area contributed by atoms with Crippen LogP contribution in [-0.4, -0.2) is 14.1 Å². The molecule has 0 unspecified atom stereocenters. The summed E-state index contributed by atoms with van der Waals surface area (Å²) in [6.07, 6.45) is 0. The third-order valence-corrected chi connectivity index (χ3v) is 9.27. The Morgan fingerprint density at radius 3 is 1.86 bits per heavy atom. The smallest absolute Gasteiger partial charge is 0.145 e. The van der Waals surface area contributed by atoms with Gasteiger partial charge in [0.15, 0.2) is 0 Å². The first-order chi connectivity index (χ1) is 21.1. The van der Waals surface area contributed by atoms with Crippen molar-refractivity contribution >= 4 is 32.8 Å². The number of hydrogen-bond donors (Lipinski definition) is 0. The summed E-state index contributed by atoms with van der Waals surface area (Å²) in [6, 6.07) is 49.9. The number of nitrogens with zero attached hydrogens (tertiary/aromatic N) is 3. The Bertz CT molecular complexity index is 2340. The van der Waals surface area contributed by atoms with E-state index in [1.807, 2.05) is 0 Å². The predicted molar refractivity (Wildman–Crippen MR) is 178 cm³/mol. The summed E-state index contributed by atoms with van der Waals surface area (Å²) in [6.45, 7) is 4.77. The van der Waals surface area contributed by atoms with Crippen LogP contribution in [0, 0.1) is 0 Å². The van der Waals surface area contributed by atoms with Crippen LogP contribution in [0.1, 0.15) is 25.0 Å². The molecule has 0 aliphatic heterocycles. The molecule has 1 aliphatic carbocycles. The zero-order chi connectivity index (χ0) is 28.7. The summed E-state index contributed by atoms with van der Waals surface area (Å²) in [5.74, 6) is 0.954. The normalized spacial score (nSPS) is 13.5. The van der Waals surface area contributed by atoms with Gasteiger partial charge in [-0.05, 0) is 47.0 Å². The van der Waals surface area contributed by atoms with E-state index in [2.05, 4.69) is 163 Å². The molecule has 2 heterocycles. The van der Waals surface area contributed by atoms with Gasteiger partial charge in [0.05, 0.1) is 16.6 Å². The van der Waals surface area contributed by atoms with Crippen LogP contribution in [0.4, 0.5) is 0 Å². The second-order valence-electron chi connectivity index (χ2n) is 12.0. The molecule has 0 amide bonds. The van der Waals surface area contributed by atoms with Crippen molar-refractivity contribution in [3.05, 3.63) is 151 Å². The van der Waals surface area contributed by atoms with Gasteiger partial charge in [0.2, 0.25) is 0 Å². The van der Waals surface area contributed by atoms with E-state index >= 15 is 0 Å². The minimum atomic E-state index is -0.224. The van der Waals surface area contributed by atoms with Crippen LogP contribution in [0.25, 0.3) is 66.7 Å². The summed E-state index contributed by atoms with van der Waals surface area (Å²) in [4.78, 5) is 5.59. The van der Waals surface area contributed by atoms with Crippen LogP contribution >= 0.6 is 0 Å². The SMILES string of the molecule is CC1(C)c2ccccc2-c2c1c1c(c3ccccc3n1-c1ccccc1)c1nc(-c3ccccc3)n(-c3ccccc3)c21. The fraction of sp³-hybridized carbons (Fsp3) is 0.0750. The standard InChI is InChI=1S/C40H29N3/c1-40(2)31-24-14-12-22-29(31)33-35(40)37-34(30-23-13-15-25-32(30)42(37)27-18-8-4-9-19-27)36-38(33)43(28-20-10-5-11-21-28)39(41-36)26-16-6-3-7-17-26/h3-25H,1-2H3.